The molecule has 0 atom stereocenters. The lowest BCUT2D eigenvalue weighted by atomic mass is 9.74. The second-order valence-electron chi connectivity index (χ2n) is 6.06. The van der Waals surface area contributed by atoms with Crippen LogP contribution >= 0.6 is 0 Å². The third-order valence-corrected chi connectivity index (χ3v) is 4.72. The number of ether oxygens (including phenoxy) is 2. The van der Waals surface area contributed by atoms with Gasteiger partial charge in [-0.25, -0.2) is 0 Å². The summed E-state index contributed by atoms with van der Waals surface area (Å²) in [5.74, 6) is 1.95. The minimum Gasteiger partial charge on any atom is -0.497 e. The Hall–Kier alpha value is -2.73. The molecule has 2 aromatic heterocycles. The average Bonchev–Trinajstić information content (AvgIpc) is 3.20. The maximum absolute atomic E-state index is 5.68. The Kier molecular flexibility index (Phi) is 4.19. The van der Waals surface area contributed by atoms with Crippen molar-refractivity contribution < 1.29 is 14.0 Å². The summed E-state index contributed by atoms with van der Waals surface area (Å²) >= 11 is 0. The van der Waals surface area contributed by atoms with Crippen LogP contribution in [0, 0.1) is 0 Å². The van der Waals surface area contributed by atoms with Gasteiger partial charge in [0.05, 0.1) is 12.5 Å². The standard InChI is InChI=1S/C19H19N3O3/c1-23-15-7-5-14(6-8-15)19(9-12-24-13-10-19)18-21-17(22-25-18)16-4-2-3-11-20-16/h2-8,11H,9-10,12-13H2,1H3. The van der Waals surface area contributed by atoms with E-state index in [0.29, 0.717) is 30.6 Å². The molecule has 25 heavy (non-hydrogen) atoms. The number of methoxy groups -OCH3 is 1. The first-order valence-electron chi connectivity index (χ1n) is 8.30. The Morgan fingerprint density at radius 1 is 1.04 bits per heavy atom. The van der Waals surface area contributed by atoms with E-state index >= 15 is 0 Å². The van der Waals surface area contributed by atoms with Gasteiger partial charge in [0, 0.05) is 19.4 Å². The zero-order valence-corrected chi connectivity index (χ0v) is 14.0. The van der Waals surface area contributed by atoms with Crippen molar-refractivity contribution in [3.8, 4) is 17.3 Å². The molecule has 0 unspecified atom stereocenters. The average molecular weight is 337 g/mol. The maximum atomic E-state index is 5.68. The van der Waals surface area contributed by atoms with E-state index in [9.17, 15) is 0 Å². The fraction of sp³-hybridized carbons (Fsp3) is 0.316. The summed E-state index contributed by atoms with van der Waals surface area (Å²) in [5.41, 5.74) is 1.49. The van der Waals surface area contributed by atoms with Crippen LogP contribution in [0.15, 0.2) is 53.2 Å². The van der Waals surface area contributed by atoms with Crippen LogP contribution in [-0.4, -0.2) is 35.4 Å². The predicted octanol–water partition coefficient (Wildman–Crippen LogP) is 3.24. The molecule has 0 spiro atoms. The highest BCUT2D eigenvalue weighted by molar-refractivity contribution is 5.48. The Bertz CT molecular complexity index is 825. The van der Waals surface area contributed by atoms with Gasteiger partial charge < -0.3 is 14.0 Å². The third kappa shape index (κ3) is 2.89. The number of rotatable bonds is 4. The summed E-state index contributed by atoms with van der Waals surface area (Å²) < 4.78 is 16.5. The number of benzene rings is 1. The molecule has 0 aliphatic carbocycles. The van der Waals surface area contributed by atoms with Crippen LogP contribution < -0.4 is 4.74 Å². The highest BCUT2D eigenvalue weighted by Gasteiger charge is 2.41. The predicted molar refractivity (Wildman–Crippen MR) is 91.4 cm³/mol. The van der Waals surface area contributed by atoms with Crippen LogP contribution in [0.5, 0.6) is 5.75 Å². The topological polar surface area (TPSA) is 70.3 Å². The van der Waals surface area contributed by atoms with Gasteiger partial charge in [0.2, 0.25) is 11.7 Å². The van der Waals surface area contributed by atoms with Crippen molar-refractivity contribution in [2.24, 2.45) is 0 Å². The van der Waals surface area contributed by atoms with E-state index in [2.05, 4.69) is 27.3 Å². The van der Waals surface area contributed by atoms with Crippen molar-refractivity contribution in [1.82, 2.24) is 15.1 Å². The fourth-order valence-electron chi connectivity index (χ4n) is 3.27. The molecule has 0 bridgehead atoms. The monoisotopic (exact) mass is 337 g/mol. The second kappa shape index (κ2) is 6.64. The van der Waals surface area contributed by atoms with Crippen molar-refractivity contribution >= 4 is 0 Å². The summed E-state index contributed by atoms with van der Waals surface area (Å²) in [6, 6.07) is 13.7. The molecule has 1 fully saturated rings. The van der Waals surface area contributed by atoms with Gasteiger partial charge in [-0.1, -0.05) is 23.4 Å². The summed E-state index contributed by atoms with van der Waals surface area (Å²) in [5, 5.41) is 4.15. The van der Waals surface area contributed by atoms with Crippen molar-refractivity contribution in [1.29, 1.82) is 0 Å². The first-order chi connectivity index (χ1) is 12.3. The lowest BCUT2D eigenvalue weighted by Gasteiger charge is -2.34. The summed E-state index contributed by atoms with van der Waals surface area (Å²) in [6.45, 7) is 1.32. The number of nitrogens with zero attached hydrogens (tertiary/aromatic N) is 3. The van der Waals surface area contributed by atoms with Crippen LogP contribution in [0.4, 0.5) is 0 Å². The molecule has 6 nitrogen and oxygen atoms in total. The molecule has 1 aliphatic heterocycles. The SMILES string of the molecule is COc1ccc(C2(c3nc(-c4ccccn4)no3)CCOCC2)cc1. The molecule has 0 radical (unpaired) electrons. The molecule has 0 N–H and O–H groups in total. The van der Waals surface area contributed by atoms with Crippen LogP contribution in [0.3, 0.4) is 0 Å². The minimum absolute atomic E-state index is 0.343. The Labute approximate surface area is 145 Å². The number of hydrogen-bond acceptors (Lipinski definition) is 6. The molecular formula is C19H19N3O3. The van der Waals surface area contributed by atoms with Crippen LogP contribution in [0.1, 0.15) is 24.3 Å². The third-order valence-electron chi connectivity index (χ3n) is 4.72. The van der Waals surface area contributed by atoms with Crippen molar-refractivity contribution in [2.45, 2.75) is 18.3 Å². The first-order valence-corrected chi connectivity index (χ1v) is 8.30. The van der Waals surface area contributed by atoms with E-state index in [-0.39, 0.29) is 5.41 Å². The van der Waals surface area contributed by atoms with E-state index in [4.69, 9.17) is 14.0 Å². The molecule has 3 heterocycles. The molecule has 1 aliphatic rings. The highest BCUT2D eigenvalue weighted by Crippen LogP contribution is 2.41. The Balaban J connectivity index is 1.75. The molecule has 3 aromatic rings. The van der Waals surface area contributed by atoms with Gasteiger partial charge >= 0.3 is 0 Å². The van der Waals surface area contributed by atoms with Gasteiger partial charge in [0.25, 0.3) is 0 Å². The molecule has 1 saturated heterocycles. The van der Waals surface area contributed by atoms with E-state index in [1.54, 1.807) is 13.3 Å². The summed E-state index contributed by atoms with van der Waals surface area (Å²) in [6.07, 6.45) is 3.31. The fourth-order valence-corrected chi connectivity index (χ4v) is 3.27. The summed E-state index contributed by atoms with van der Waals surface area (Å²) in [4.78, 5) is 8.97. The van der Waals surface area contributed by atoms with E-state index in [1.165, 1.54) is 0 Å². The van der Waals surface area contributed by atoms with Gasteiger partial charge in [-0.3, -0.25) is 4.98 Å². The summed E-state index contributed by atoms with van der Waals surface area (Å²) in [7, 11) is 1.66. The van der Waals surface area contributed by atoms with Crippen LogP contribution in [0.25, 0.3) is 11.5 Å². The van der Waals surface area contributed by atoms with Crippen molar-refractivity contribution in [2.75, 3.05) is 20.3 Å². The van der Waals surface area contributed by atoms with Gasteiger partial charge in [0.15, 0.2) is 0 Å². The molecule has 0 amide bonds. The highest BCUT2D eigenvalue weighted by atomic mass is 16.5. The zero-order valence-electron chi connectivity index (χ0n) is 14.0. The molecular weight excluding hydrogens is 318 g/mol. The first kappa shape index (κ1) is 15.8. The zero-order chi connectivity index (χ0) is 17.1. The minimum atomic E-state index is -0.343. The Morgan fingerprint density at radius 2 is 1.84 bits per heavy atom. The van der Waals surface area contributed by atoms with Gasteiger partial charge in [-0.05, 0) is 42.7 Å². The van der Waals surface area contributed by atoms with Crippen molar-refractivity contribution in [3.05, 3.63) is 60.1 Å². The van der Waals surface area contributed by atoms with Gasteiger partial charge in [-0.15, -0.1) is 0 Å². The molecule has 128 valence electrons. The van der Waals surface area contributed by atoms with E-state index < -0.39 is 0 Å². The normalized spacial score (nSPS) is 16.5. The maximum Gasteiger partial charge on any atom is 0.237 e. The quantitative estimate of drug-likeness (QED) is 0.728. The van der Waals surface area contributed by atoms with Crippen molar-refractivity contribution in [3.63, 3.8) is 0 Å². The van der Waals surface area contributed by atoms with Crippen LogP contribution in [0.2, 0.25) is 0 Å². The molecule has 4 rings (SSSR count). The number of aromatic nitrogens is 3. The van der Waals surface area contributed by atoms with Crippen LogP contribution in [-0.2, 0) is 10.2 Å². The number of pyridine rings is 1. The smallest absolute Gasteiger partial charge is 0.237 e. The van der Waals surface area contributed by atoms with Gasteiger partial charge in [-0.2, -0.15) is 4.98 Å². The number of hydrogen-bond donors (Lipinski definition) is 0. The molecule has 0 saturated carbocycles. The second-order valence-corrected chi connectivity index (χ2v) is 6.06. The molecule has 1 aromatic carbocycles. The van der Waals surface area contributed by atoms with E-state index in [0.717, 1.165) is 24.2 Å². The Morgan fingerprint density at radius 3 is 2.52 bits per heavy atom. The largest absolute Gasteiger partial charge is 0.497 e. The lowest BCUT2D eigenvalue weighted by Crippen LogP contribution is -2.35. The molecule has 6 heteroatoms. The van der Waals surface area contributed by atoms with Gasteiger partial charge in [0.1, 0.15) is 11.4 Å². The lowest BCUT2D eigenvalue weighted by molar-refractivity contribution is 0.0523. The van der Waals surface area contributed by atoms with E-state index in [1.807, 2.05) is 30.3 Å².